The number of carbonyl (C=O) groups excluding carboxylic acids is 1. The molecule has 2 rings (SSSR count). The molecule has 1 aliphatic heterocycles. The third-order valence-electron chi connectivity index (χ3n) is 3.44. The van der Waals surface area contributed by atoms with Crippen LogP contribution < -0.4 is 0 Å². The molecule has 4 heteroatoms. The Morgan fingerprint density at radius 1 is 1.33 bits per heavy atom. The first-order valence-electron chi connectivity index (χ1n) is 6.32. The van der Waals surface area contributed by atoms with Crippen LogP contribution in [0.2, 0.25) is 0 Å². The summed E-state index contributed by atoms with van der Waals surface area (Å²) in [5.74, 6) is 0.225. The molecule has 1 amide bonds. The Morgan fingerprint density at radius 2 is 2.00 bits per heavy atom. The lowest BCUT2D eigenvalue weighted by molar-refractivity contribution is -0.134. The third-order valence-corrected chi connectivity index (χ3v) is 3.74. The van der Waals surface area contributed by atoms with E-state index in [1.54, 1.807) is 0 Å². The normalized spacial score (nSPS) is 21.1. The van der Waals surface area contributed by atoms with Crippen LogP contribution in [0.5, 0.6) is 0 Å². The number of hydrogen-bond donors (Lipinski definition) is 1. The van der Waals surface area contributed by atoms with E-state index in [4.69, 9.17) is 0 Å². The standard InChI is InChI=1S/C14H20N2OS/c1-11-10-15(2)7-8-16(11)14(17)9-12-3-5-13(18)6-4-12/h3-6,11,18H,7-10H2,1-2H3. The molecule has 18 heavy (non-hydrogen) atoms. The van der Waals surface area contributed by atoms with E-state index in [9.17, 15) is 4.79 Å². The molecule has 0 bridgehead atoms. The monoisotopic (exact) mass is 264 g/mol. The summed E-state index contributed by atoms with van der Waals surface area (Å²) in [6, 6.07) is 8.11. The van der Waals surface area contributed by atoms with Crippen molar-refractivity contribution in [3.8, 4) is 0 Å². The Bertz CT molecular complexity index is 418. The zero-order chi connectivity index (χ0) is 13.1. The summed E-state index contributed by atoms with van der Waals surface area (Å²) in [5.41, 5.74) is 1.06. The zero-order valence-corrected chi connectivity index (χ0v) is 11.9. The van der Waals surface area contributed by atoms with Crippen LogP contribution >= 0.6 is 12.6 Å². The first-order chi connectivity index (χ1) is 8.56. The summed E-state index contributed by atoms with van der Waals surface area (Å²) >= 11 is 4.25. The van der Waals surface area contributed by atoms with Gasteiger partial charge >= 0.3 is 0 Å². The maximum absolute atomic E-state index is 12.3. The quantitative estimate of drug-likeness (QED) is 0.822. The highest BCUT2D eigenvalue weighted by Crippen LogP contribution is 2.13. The second-order valence-electron chi connectivity index (χ2n) is 5.04. The highest BCUT2D eigenvalue weighted by atomic mass is 32.1. The fraction of sp³-hybridized carbons (Fsp3) is 0.500. The Hall–Kier alpha value is -1.00. The average molecular weight is 264 g/mol. The number of carbonyl (C=O) groups is 1. The lowest BCUT2D eigenvalue weighted by Gasteiger charge is -2.38. The maximum Gasteiger partial charge on any atom is 0.227 e. The number of benzene rings is 1. The first kappa shape index (κ1) is 13.4. The van der Waals surface area contributed by atoms with Gasteiger partial charge in [-0.1, -0.05) is 12.1 Å². The molecule has 98 valence electrons. The van der Waals surface area contributed by atoms with E-state index in [1.165, 1.54) is 0 Å². The second-order valence-corrected chi connectivity index (χ2v) is 5.56. The first-order valence-corrected chi connectivity index (χ1v) is 6.77. The van der Waals surface area contributed by atoms with Crippen LogP contribution in [0.4, 0.5) is 0 Å². The van der Waals surface area contributed by atoms with Gasteiger partial charge in [0.25, 0.3) is 0 Å². The van der Waals surface area contributed by atoms with E-state index in [0.29, 0.717) is 12.5 Å². The van der Waals surface area contributed by atoms with Crippen LogP contribution in [0.1, 0.15) is 12.5 Å². The van der Waals surface area contributed by atoms with E-state index < -0.39 is 0 Å². The number of amides is 1. The van der Waals surface area contributed by atoms with Gasteiger partial charge in [0, 0.05) is 30.6 Å². The van der Waals surface area contributed by atoms with E-state index in [-0.39, 0.29) is 5.91 Å². The second kappa shape index (κ2) is 5.76. The van der Waals surface area contributed by atoms with Crippen molar-refractivity contribution >= 4 is 18.5 Å². The molecular weight excluding hydrogens is 244 g/mol. The molecule has 1 aliphatic rings. The molecule has 1 saturated heterocycles. The minimum absolute atomic E-state index is 0.225. The van der Waals surface area contributed by atoms with Crippen LogP contribution in [-0.4, -0.2) is 48.4 Å². The molecule has 1 atom stereocenters. The smallest absolute Gasteiger partial charge is 0.227 e. The van der Waals surface area contributed by atoms with Crippen molar-refractivity contribution in [3.63, 3.8) is 0 Å². The molecule has 0 spiro atoms. The summed E-state index contributed by atoms with van der Waals surface area (Å²) in [5, 5.41) is 0. The van der Waals surface area contributed by atoms with Crippen LogP contribution in [0.25, 0.3) is 0 Å². The van der Waals surface area contributed by atoms with Gasteiger partial charge in [0.05, 0.1) is 6.42 Å². The summed E-state index contributed by atoms with van der Waals surface area (Å²) in [7, 11) is 2.10. The number of thiol groups is 1. The Balaban J connectivity index is 1.97. The van der Waals surface area contributed by atoms with Gasteiger partial charge in [0.2, 0.25) is 5.91 Å². The summed E-state index contributed by atoms with van der Waals surface area (Å²) in [6.07, 6.45) is 0.488. The van der Waals surface area contributed by atoms with Crippen molar-refractivity contribution in [1.82, 2.24) is 9.80 Å². The summed E-state index contributed by atoms with van der Waals surface area (Å²) in [4.78, 5) is 17.5. The van der Waals surface area contributed by atoms with Crippen LogP contribution in [0, 0.1) is 0 Å². The van der Waals surface area contributed by atoms with Gasteiger partial charge < -0.3 is 9.80 Å². The van der Waals surface area contributed by atoms with Gasteiger partial charge in [-0.05, 0) is 31.7 Å². The molecule has 0 aromatic heterocycles. The molecule has 0 radical (unpaired) electrons. The van der Waals surface area contributed by atoms with Gasteiger partial charge in [-0.15, -0.1) is 12.6 Å². The predicted molar refractivity (Wildman–Crippen MR) is 76.1 cm³/mol. The minimum Gasteiger partial charge on any atom is -0.337 e. The minimum atomic E-state index is 0.225. The fourth-order valence-corrected chi connectivity index (χ4v) is 2.55. The highest BCUT2D eigenvalue weighted by molar-refractivity contribution is 7.80. The average Bonchev–Trinajstić information content (AvgIpc) is 2.32. The fourth-order valence-electron chi connectivity index (χ4n) is 2.40. The number of piperazine rings is 1. The molecule has 1 aromatic carbocycles. The van der Waals surface area contributed by atoms with Crippen molar-refractivity contribution in [2.45, 2.75) is 24.3 Å². The number of likely N-dealkylation sites (N-methyl/N-ethyl adjacent to an activating group) is 1. The predicted octanol–water partition coefficient (Wildman–Crippen LogP) is 1.68. The molecule has 0 N–H and O–H groups in total. The van der Waals surface area contributed by atoms with Crippen LogP contribution in [0.3, 0.4) is 0 Å². The Kier molecular flexibility index (Phi) is 4.30. The molecule has 1 unspecified atom stereocenters. The van der Waals surface area contributed by atoms with E-state index in [2.05, 4.69) is 31.5 Å². The SMILES string of the molecule is CC1CN(C)CCN1C(=O)Cc1ccc(S)cc1. The lowest BCUT2D eigenvalue weighted by atomic mass is 10.1. The molecule has 1 fully saturated rings. The van der Waals surface area contributed by atoms with Gasteiger partial charge in [-0.25, -0.2) is 0 Å². The molecule has 0 saturated carbocycles. The van der Waals surface area contributed by atoms with Gasteiger partial charge in [-0.2, -0.15) is 0 Å². The summed E-state index contributed by atoms with van der Waals surface area (Å²) in [6.45, 7) is 4.87. The van der Waals surface area contributed by atoms with Gasteiger partial charge in [-0.3, -0.25) is 4.79 Å². The van der Waals surface area contributed by atoms with Crippen LogP contribution in [0.15, 0.2) is 29.2 Å². The molecular formula is C14H20N2OS. The van der Waals surface area contributed by atoms with Crippen LogP contribution in [-0.2, 0) is 11.2 Å². The summed E-state index contributed by atoms with van der Waals surface area (Å²) < 4.78 is 0. The van der Waals surface area contributed by atoms with E-state index in [0.717, 1.165) is 30.1 Å². The Morgan fingerprint density at radius 3 is 2.61 bits per heavy atom. The number of nitrogens with zero attached hydrogens (tertiary/aromatic N) is 2. The van der Waals surface area contributed by atoms with E-state index in [1.807, 2.05) is 29.2 Å². The molecule has 3 nitrogen and oxygen atoms in total. The highest BCUT2D eigenvalue weighted by Gasteiger charge is 2.25. The lowest BCUT2D eigenvalue weighted by Crippen LogP contribution is -2.53. The van der Waals surface area contributed by atoms with Crippen molar-refractivity contribution in [1.29, 1.82) is 0 Å². The van der Waals surface area contributed by atoms with Crippen molar-refractivity contribution in [3.05, 3.63) is 29.8 Å². The van der Waals surface area contributed by atoms with Crippen molar-refractivity contribution in [2.24, 2.45) is 0 Å². The van der Waals surface area contributed by atoms with Crippen molar-refractivity contribution < 1.29 is 4.79 Å². The molecule has 1 heterocycles. The van der Waals surface area contributed by atoms with Crippen molar-refractivity contribution in [2.75, 3.05) is 26.7 Å². The van der Waals surface area contributed by atoms with Gasteiger partial charge in [0.1, 0.15) is 0 Å². The topological polar surface area (TPSA) is 23.6 Å². The molecule has 1 aromatic rings. The van der Waals surface area contributed by atoms with Gasteiger partial charge in [0.15, 0.2) is 0 Å². The number of hydrogen-bond acceptors (Lipinski definition) is 3. The number of rotatable bonds is 2. The maximum atomic E-state index is 12.3. The Labute approximate surface area is 114 Å². The zero-order valence-electron chi connectivity index (χ0n) is 11.0. The largest absolute Gasteiger partial charge is 0.337 e. The van der Waals surface area contributed by atoms with E-state index >= 15 is 0 Å². The molecule has 0 aliphatic carbocycles. The third kappa shape index (κ3) is 3.27.